The Bertz CT molecular complexity index is 513. The van der Waals surface area contributed by atoms with Crippen LogP contribution in [-0.4, -0.2) is 24.2 Å². The summed E-state index contributed by atoms with van der Waals surface area (Å²) in [6.45, 7) is 3.48. The van der Waals surface area contributed by atoms with Crippen molar-refractivity contribution in [2.75, 3.05) is 13.2 Å². The molecule has 0 aromatic heterocycles. The second kappa shape index (κ2) is 7.25. The highest BCUT2D eigenvalue weighted by molar-refractivity contribution is 5.98. The van der Waals surface area contributed by atoms with Crippen molar-refractivity contribution in [3.05, 3.63) is 35.4 Å². The van der Waals surface area contributed by atoms with Crippen molar-refractivity contribution in [1.29, 1.82) is 0 Å². The molecule has 4 nitrogen and oxygen atoms in total. The lowest BCUT2D eigenvalue weighted by Crippen LogP contribution is -2.31. The molecule has 2 aliphatic rings. The molecule has 1 aliphatic carbocycles. The molecule has 1 atom stereocenters. The molecule has 0 radical (unpaired) electrons. The number of hydroxylamine groups is 2. The molecule has 1 amide bonds. The molecular weight excluding hydrogens is 278 g/mol. The first-order valence-corrected chi connectivity index (χ1v) is 8.48. The minimum absolute atomic E-state index is 0.0743. The number of rotatable bonds is 9. The molecule has 1 aliphatic heterocycles. The summed E-state index contributed by atoms with van der Waals surface area (Å²) in [5.74, 6) is 0.538. The lowest BCUT2D eigenvalue weighted by atomic mass is 10.1. The lowest BCUT2D eigenvalue weighted by Gasteiger charge is -2.24. The summed E-state index contributed by atoms with van der Waals surface area (Å²) in [5, 5.41) is 1.45. The molecule has 1 aromatic carbocycles. The van der Waals surface area contributed by atoms with Crippen molar-refractivity contribution in [3.8, 4) is 0 Å². The van der Waals surface area contributed by atoms with Crippen LogP contribution in [0.5, 0.6) is 0 Å². The van der Waals surface area contributed by atoms with Crippen molar-refractivity contribution in [2.45, 2.75) is 51.7 Å². The van der Waals surface area contributed by atoms with Gasteiger partial charge < -0.3 is 4.74 Å². The van der Waals surface area contributed by atoms with Crippen LogP contribution < -0.4 is 0 Å². The Morgan fingerprint density at radius 2 is 2.00 bits per heavy atom. The minimum atomic E-state index is -0.385. The van der Waals surface area contributed by atoms with Crippen molar-refractivity contribution < 1.29 is 14.4 Å². The maximum Gasteiger partial charge on any atom is 0.280 e. The van der Waals surface area contributed by atoms with Gasteiger partial charge in [-0.1, -0.05) is 44.4 Å². The van der Waals surface area contributed by atoms with Gasteiger partial charge in [-0.3, -0.25) is 9.63 Å². The van der Waals surface area contributed by atoms with Gasteiger partial charge in [-0.15, -0.1) is 0 Å². The van der Waals surface area contributed by atoms with E-state index in [-0.39, 0.29) is 12.1 Å². The van der Waals surface area contributed by atoms with E-state index in [1.165, 1.54) is 37.2 Å². The predicted molar refractivity (Wildman–Crippen MR) is 84.1 cm³/mol. The Morgan fingerprint density at radius 3 is 2.77 bits per heavy atom. The van der Waals surface area contributed by atoms with E-state index < -0.39 is 0 Å². The standard InChI is InChI=1S/C18H25NO3/c1-2-3-4-7-12-21-18-16-9-6-5-8-15(16)17(20)19(18)22-13-14-10-11-14/h5-6,8-9,14,18H,2-4,7,10-13H2,1H3. The van der Waals surface area contributed by atoms with Crippen LogP contribution in [0.25, 0.3) is 0 Å². The summed E-state index contributed by atoms with van der Waals surface area (Å²) in [7, 11) is 0. The zero-order valence-electron chi connectivity index (χ0n) is 13.3. The lowest BCUT2D eigenvalue weighted by molar-refractivity contribution is -0.218. The van der Waals surface area contributed by atoms with E-state index in [1.54, 1.807) is 0 Å². The van der Waals surface area contributed by atoms with Crippen molar-refractivity contribution >= 4 is 5.91 Å². The zero-order valence-corrected chi connectivity index (χ0v) is 13.3. The average molecular weight is 303 g/mol. The van der Waals surface area contributed by atoms with Crippen LogP contribution in [-0.2, 0) is 9.57 Å². The molecule has 0 N–H and O–H groups in total. The molecule has 1 heterocycles. The number of benzene rings is 1. The summed E-state index contributed by atoms with van der Waals surface area (Å²) in [4.78, 5) is 18.3. The van der Waals surface area contributed by atoms with Crippen LogP contribution in [0.2, 0.25) is 0 Å². The summed E-state index contributed by atoms with van der Waals surface area (Å²) < 4.78 is 5.99. The van der Waals surface area contributed by atoms with E-state index in [9.17, 15) is 4.79 Å². The molecule has 0 bridgehead atoms. The number of hydrogen-bond acceptors (Lipinski definition) is 3. The highest BCUT2D eigenvalue weighted by Crippen LogP contribution is 2.36. The smallest absolute Gasteiger partial charge is 0.280 e. The fourth-order valence-electron chi connectivity index (χ4n) is 2.74. The first kappa shape index (κ1) is 15.5. The predicted octanol–water partition coefficient (Wildman–Crippen LogP) is 4.08. The number of hydrogen-bond donors (Lipinski definition) is 0. The second-order valence-corrected chi connectivity index (χ2v) is 6.24. The summed E-state index contributed by atoms with van der Waals surface area (Å²) in [6, 6.07) is 7.65. The molecule has 1 saturated carbocycles. The number of amides is 1. The topological polar surface area (TPSA) is 38.8 Å². The van der Waals surface area contributed by atoms with Gasteiger partial charge in [0.1, 0.15) is 0 Å². The molecule has 1 unspecified atom stereocenters. The van der Waals surface area contributed by atoms with E-state index in [0.29, 0.717) is 24.7 Å². The van der Waals surface area contributed by atoms with Crippen LogP contribution in [0.3, 0.4) is 0 Å². The van der Waals surface area contributed by atoms with Gasteiger partial charge in [0.05, 0.1) is 6.61 Å². The van der Waals surface area contributed by atoms with Gasteiger partial charge in [0.2, 0.25) is 0 Å². The third kappa shape index (κ3) is 3.50. The van der Waals surface area contributed by atoms with Gasteiger partial charge in [0.15, 0.2) is 6.23 Å². The third-order valence-corrected chi connectivity index (χ3v) is 4.29. The number of carbonyl (C=O) groups excluding carboxylic acids is 1. The molecule has 120 valence electrons. The van der Waals surface area contributed by atoms with Crippen LogP contribution in [0.15, 0.2) is 24.3 Å². The van der Waals surface area contributed by atoms with Gasteiger partial charge in [-0.25, -0.2) is 0 Å². The average Bonchev–Trinajstić information content (AvgIpc) is 3.33. The van der Waals surface area contributed by atoms with Crippen LogP contribution in [0.4, 0.5) is 0 Å². The van der Waals surface area contributed by atoms with E-state index in [0.717, 1.165) is 12.0 Å². The maximum atomic E-state index is 12.5. The summed E-state index contributed by atoms with van der Waals surface area (Å²) in [5.41, 5.74) is 1.63. The number of unbranched alkanes of at least 4 members (excludes halogenated alkanes) is 3. The summed E-state index contributed by atoms with van der Waals surface area (Å²) in [6.07, 6.45) is 6.66. The molecule has 0 saturated heterocycles. The fourth-order valence-corrected chi connectivity index (χ4v) is 2.74. The maximum absolute atomic E-state index is 12.5. The van der Waals surface area contributed by atoms with Gasteiger partial charge in [-0.2, -0.15) is 5.06 Å². The number of nitrogens with zero attached hydrogens (tertiary/aromatic N) is 1. The monoisotopic (exact) mass is 303 g/mol. The van der Waals surface area contributed by atoms with E-state index in [1.807, 2.05) is 24.3 Å². The van der Waals surface area contributed by atoms with Crippen LogP contribution in [0.1, 0.15) is 67.6 Å². The molecule has 4 heteroatoms. The van der Waals surface area contributed by atoms with Gasteiger partial charge >= 0.3 is 0 Å². The summed E-state index contributed by atoms with van der Waals surface area (Å²) >= 11 is 0. The highest BCUT2D eigenvalue weighted by atomic mass is 16.7. The van der Waals surface area contributed by atoms with Crippen LogP contribution >= 0.6 is 0 Å². The first-order valence-electron chi connectivity index (χ1n) is 8.48. The number of ether oxygens (including phenoxy) is 1. The fraction of sp³-hybridized carbons (Fsp3) is 0.611. The normalized spacial score (nSPS) is 20.5. The number of carbonyl (C=O) groups is 1. The first-order chi connectivity index (χ1) is 10.8. The molecule has 1 aromatic rings. The Labute approximate surface area is 132 Å². The van der Waals surface area contributed by atoms with Crippen molar-refractivity contribution in [3.63, 3.8) is 0 Å². The molecule has 0 spiro atoms. The van der Waals surface area contributed by atoms with Gasteiger partial charge in [-0.05, 0) is 31.2 Å². The van der Waals surface area contributed by atoms with Gasteiger partial charge in [0.25, 0.3) is 5.91 Å². The molecule has 1 fully saturated rings. The largest absolute Gasteiger partial charge is 0.352 e. The Hall–Kier alpha value is -1.39. The Morgan fingerprint density at radius 1 is 1.18 bits per heavy atom. The molecular formula is C18H25NO3. The SMILES string of the molecule is CCCCCCOC1c2ccccc2C(=O)N1OCC1CC1. The minimum Gasteiger partial charge on any atom is -0.352 e. The molecule has 3 rings (SSSR count). The Balaban J connectivity index is 1.63. The third-order valence-electron chi connectivity index (χ3n) is 4.29. The second-order valence-electron chi connectivity index (χ2n) is 6.24. The molecule has 22 heavy (non-hydrogen) atoms. The van der Waals surface area contributed by atoms with E-state index in [2.05, 4.69) is 6.92 Å². The van der Waals surface area contributed by atoms with Crippen molar-refractivity contribution in [2.24, 2.45) is 5.92 Å². The van der Waals surface area contributed by atoms with Crippen LogP contribution in [0, 0.1) is 5.92 Å². The Kier molecular flexibility index (Phi) is 5.11. The van der Waals surface area contributed by atoms with E-state index in [4.69, 9.17) is 9.57 Å². The quantitative estimate of drug-likeness (QED) is 0.645. The van der Waals surface area contributed by atoms with Gasteiger partial charge in [0, 0.05) is 17.7 Å². The van der Waals surface area contributed by atoms with Crippen molar-refractivity contribution in [1.82, 2.24) is 5.06 Å². The highest BCUT2D eigenvalue weighted by Gasteiger charge is 2.39. The van der Waals surface area contributed by atoms with E-state index >= 15 is 0 Å². The zero-order chi connectivity index (χ0) is 15.4. The number of fused-ring (bicyclic) bond motifs is 1.